The van der Waals surface area contributed by atoms with Crippen LogP contribution in [-0.4, -0.2) is 29.0 Å². The van der Waals surface area contributed by atoms with Gasteiger partial charge in [-0.05, 0) is 36.5 Å². The molecule has 2 heterocycles. The molecule has 92 valence electrons. The molecule has 2 rings (SSSR count). The highest BCUT2D eigenvalue weighted by Gasteiger charge is 2.19. The van der Waals surface area contributed by atoms with E-state index in [2.05, 4.69) is 17.2 Å². The fourth-order valence-electron chi connectivity index (χ4n) is 2.00. The van der Waals surface area contributed by atoms with Gasteiger partial charge in [0, 0.05) is 32.0 Å². The van der Waals surface area contributed by atoms with Crippen LogP contribution in [0.25, 0.3) is 0 Å². The molecule has 0 radical (unpaired) electrons. The summed E-state index contributed by atoms with van der Waals surface area (Å²) in [7, 11) is 0. The number of amides is 2. The van der Waals surface area contributed by atoms with Gasteiger partial charge in [-0.1, -0.05) is 6.92 Å². The van der Waals surface area contributed by atoms with Gasteiger partial charge in [-0.3, -0.25) is 4.98 Å². The van der Waals surface area contributed by atoms with E-state index in [4.69, 9.17) is 0 Å². The maximum atomic E-state index is 11.9. The van der Waals surface area contributed by atoms with Gasteiger partial charge in [-0.15, -0.1) is 0 Å². The molecule has 0 saturated carbocycles. The SMILES string of the molecule is CC1CCN(C(=O)NCc2ccncc2)CC1. The Morgan fingerprint density at radius 3 is 2.71 bits per heavy atom. The molecule has 0 aliphatic carbocycles. The van der Waals surface area contributed by atoms with Crippen molar-refractivity contribution in [3.63, 3.8) is 0 Å². The molecule has 1 aromatic heterocycles. The summed E-state index contributed by atoms with van der Waals surface area (Å²) >= 11 is 0. The third-order valence-electron chi connectivity index (χ3n) is 3.26. The normalized spacial score (nSPS) is 16.9. The van der Waals surface area contributed by atoms with Gasteiger partial charge in [-0.25, -0.2) is 4.79 Å². The molecule has 0 unspecified atom stereocenters. The van der Waals surface area contributed by atoms with Crippen molar-refractivity contribution < 1.29 is 4.79 Å². The highest BCUT2D eigenvalue weighted by atomic mass is 16.2. The summed E-state index contributed by atoms with van der Waals surface area (Å²) in [5.74, 6) is 0.749. The number of nitrogens with one attached hydrogen (secondary N) is 1. The number of hydrogen-bond donors (Lipinski definition) is 1. The highest BCUT2D eigenvalue weighted by molar-refractivity contribution is 5.74. The molecule has 4 nitrogen and oxygen atoms in total. The van der Waals surface area contributed by atoms with Gasteiger partial charge >= 0.3 is 6.03 Å². The smallest absolute Gasteiger partial charge is 0.317 e. The summed E-state index contributed by atoms with van der Waals surface area (Å²) in [6.45, 7) is 4.58. The Morgan fingerprint density at radius 2 is 2.06 bits per heavy atom. The Kier molecular flexibility index (Phi) is 3.96. The van der Waals surface area contributed by atoms with Gasteiger partial charge in [0.15, 0.2) is 0 Å². The van der Waals surface area contributed by atoms with Crippen molar-refractivity contribution in [1.82, 2.24) is 15.2 Å². The van der Waals surface area contributed by atoms with Crippen LogP contribution in [0.5, 0.6) is 0 Å². The molecule has 0 atom stereocenters. The lowest BCUT2D eigenvalue weighted by atomic mass is 10.00. The fraction of sp³-hybridized carbons (Fsp3) is 0.538. The fourth-order valence-corrected chi connectivity index (χ4v) is 2.00. The van der Waals surface area contributed by atoms with Crippen molar-refractivity contribution in [1.29, 1.82) is 0 Å². The standard InChI is InChI=1S/C13H19N3O/c1-11-4-8-16(9-5-11)13(17)15-10-12-2-6-14-7-3-12/h2-3,6-7,11H,4-5,8-10H2,1H3,(H,15,17). The van der Waals surface area contributed by atoms with Crippen LogP contribution < -0.4 is 5.32 Å². The Hall–Kier alpha value is -1.58. The minimum atomic E-state index is 0.0497. The predicted molar refractivity (Wildman–Crippen MR) is 66.4 cm³/mol. The van der Waals surface area contributed by atoms with E-state index >= 15 is 0 Å². The molecular formula is C13H19N3O. The second-order valence-electron chi connectivity index (χ2n) is 4.68. The first-order valence-electron chi connectivity index (χ1n) is 6.17. The van der Waals surface area contributed by atoms with Crippen LogP contribution in [0.1, 0.15) is 25.3 Å². The van der Waals surface area contributed by atoms with Crippen molar-refractivity contribution >= 4 is 6.03 Å². The van der Waals surface area contributed by atoms with Crippen LogP contribution >= 0.6 is 0 Å². The summed E-state index contributed by atoms with van der Waals surface area (Å²) in [4.78, 5) is 17.7. The van der Waals surface area contributed by atoms with Gasteiger partial charge in [0.25, 0.3) is 0 Å². The molecular weight excluding hydrogens is 214 g/mol. The largest absolute Gasteiger partial charge is 0.334 e. The minimum Gasteiger partial charge on any atom is -0.334 e. The van der Waals surface area contributed by atoms with Crippen LogP contribution in [0.3, 0.4) is 0 Å². The Labute approximate surface area is 102 Å². The summed E-state index contributed by atoms with van der Waals surface area (Å²) in [6.07, 6.45) is 5.71. The lowest BCUT2D eigenvalue weighted by Crippen LogP contribution is -2.43. The van der Waals surface area contributed by atoms with E-state index in [9.17, 15) is 4.79 Å². The van der Waals surface area contributed by atoms with E-state index < -0.39 is 0 Å². The number of likely N-dealkylation sites (tertiary alicyclic amines) is 1. The average Bonchev–Trinajstić information content (AvgIpc) is 2.38. The first-order valence-corrected chi connectivity index (χ1v) is 6.17. The number of pyridine rings is 1. The van der Waals surface area contributed by atoms with Crippen molar-refractivity contribution in [2.75, 3.05) is 13.1 Å². The third kappa shape index (κ3) is 3.44. The third-order valence-corrected chi connectivity index (χ3v) is 3.26. The molecule has 1 aliphatic rings. The molecule has 1 saturated heterocycles. The summed E-state index contributed by atoms with van der Waals surface area (Å²) in [6, 6.07) is 3.88. The molecule has 2 amide bonds. The van der Waals surface area contributed by atoms with Crippen molar-refractivity contribution in [3.05, 3.63) is 30.1 Å². The number of carbonyl (C=O) groups is 1. The number of rotatable bonds is 2. The quantitative estimate of drug-likeness (QED) is 0.849. The molecule has 0 spiro atoms. The van der Waals surface area contributed by atoms with E-state index in [-0.39, 0.29) is 6.03 Å². The van der Waals surface area contributed by atoms with Gasteiger partial charge in [0.05, 0.1) is 0 Å². The second-order valence-corrected chi connectivity index (χ2v) is 4.68. The molecule has 17 heavy (non-hydrogen) atoms. The summed E-state index contributed by atoms with van der Waals surface area (Å²) in [5.41, 5.74) is 1.08. The molecule has 1 aromatic rings. The molecule has 1 N–H and O–H groups in total. The number of aromatic nitrogens is 1. The lowest BCUT2D eigenvalue weighted by Gasteiger charge is -2.30. The minimum absolute atomic E-state index is 0.0497. The molecule has 1 fully saturated rings. The van der Waals surface area contributed by atoms with Gasteiger partial charge in [0.1, 0.15) is 0 Å². The van der Waals surface area contributed by atoms with Gasteiger partial charge < -0.3 is 10.2 Å². The monoisotopic (exact) mass is 233 g/mol. The van der Waals surface area contributed by atoms with Crippen LogP contribution in [0, 0.1) is 5.92 Å². The van der Waals surface area contributed by atoms with Gasteiger partial charge in [-0.2, -0.15) is 0 Å². The van der Waals surface area contributed by atoms with Crippen molar-refractivity contribution in [2.24, 2.45) is 5.92 Å². The molecule has 4 heteroatoms. The van der Waals surface area contributed by atoms with E-state index in [0.717, 1.165) is 37.4 Å². The van der Waals surface area contributed by atoms with Crippen LogP contribution in [0.4, 0.5) is 4.79 Å². The van der Waals surface area contributed by atoms with Crippen LogP contribution in [0.2, 0.25) is 0 Å². The van der Waals surface area contributed by atoms with Crippen molar-refractivity contribution in [2.45, 2.75) is 26.3 Å². The Morgan fingerprint density at radius 1 is 1.41 bits per heavy atom. The number of urea groups is 1. The zero-order valence-corrected chi connectivity index (χ0v) is 10.2. The van der Waals surface area contributed by atoms with E-state index in [1.807, 2.05) is 17.0 Å². The topological polar surface area (TPSA) is 45.2 Å². The zero-order valence-electron chi connectivity index (χ0n) is 10.2. The first kappa shape index (κ1) is 11.9. The number of nitrogens with zero attached hydrogens (tertiary/aromatic N) is 2. The summed E-state index contributed by atoms with van der Waals surface area (Å²) < 4.78 is 0. The van der Waals surface area contributed by atoms with Crippen LogP contribution in [-0.2, 0) is 6.54 Å². The van der Waals surface area contributed by atoms with E-state index in [1.165, 1.54) is 0 Å². The zero-order chi connectivity index (χ0) is 12.1. The molecule has 0 aromatic carbocycles. The molecule has 0 bridgehead atoms. The van der Waals surface area contributed by atoms with Crippen LogP contribution in [0.15, 0.2) is 24.5 Å². The first-order chi connectivity index (χ1) is 8.25. The maximum Gasteiger partial charge on any atom is 0.317 e. The van der Waals surface area contributed by atoms with Crippen molar-refractivity contribution in [3.8, 4) is 0 Å². The van der Waals surface area contributed by atoms with Gasteiger partial charge in [0.2, 0.25) is 0 Å². The average molecular weight is 233 g/mol. The predicted octanol–water partition coefficient (Wildman–Crippen LogP) is 2.02. The number of carbonyl (C=O) groups excluding carboxylic acids is 1. The van der Waals surface area contributed by atoms with E-state index in [1.54, 1.807) is 12.4 Å². The highest BCUT2D eigenvalue weighted by Crippen LogP contribution is 2.15. The Balaban J connectivity index is 1.78. The maximum absolute atomic E-state index is 11.9. The number of hydrogen-bond acceptors (Lipinski definition) is 2. The van der Waals surface area contributed by atoms with E-state index in [0.29, 0.717) is 6.54 Å². The number of piperidine rings is 1. The molecule has 1 aliphatic heterocycles. The second kappa shape index (κ2) is 5.66. The lowest BCUT2D eigenvalue weighted by molar-refractivity contribution is 0.173. The summed E-state index contributed by atoms with van der Waals surface area (Å²) in [5, 5.41) is 2.94. The Bertz CT molecular complexity index is 358.